The van der Waals surface area contributed by atoms with E-state index < -0.39 is 14.7 Å². The lowest BCUT2D eigenvalue weighted by Gasteiger charge is -2.34. The van der Waals surface area contributed by atoms with Crippen molar-refractivity contribution in [1.29, 1.82) is 0 Å². The van der Waals surface area contributed by atoms with E-state index in [4.69, 9.17) is 10.7 Å². The van der Waals surface area contributed by atoms with Crippen molar-refractivity contribution in [3.8, 4) is 0 Å². The molecule has 0 saturated heterocycles. The zero-order valence-electron chi connectivity index (χ0n) is 11.1. The Morgan fingerprint density at radius 2 is 2.00 bits per heavy atom. The number of allylic oxidation sites excluding steroid dienone is 1. The average molecular weight is 321 g/mol. The Bertz CT molecular complexity index is 575. The predicted octanol–water partition coefficient (Wildman–Crippen LogP) is 6.24. The summed E-state index contributed by atoms with van der Waals surface area (Å²) in [6.45, 7) is 2.02. The zero-order chi connectivity index (χ0) is 14.5. The van der Waals surface area contributed by atoms with E-state index in [0.717, 1.165) is 31.2 Å². The molecular weight excluding hydrogens is 305 g/mol. The van der Waals surface area contributed by atoms with Crippen LogP contribution in [0.25, 0.3) is 6.08 Å². The van der Waals surface area contributed by atoms with Gasteiger partial charge in [-0.15, -0.1) is 0 Å². The van der Waals surface area contributed by atoms with E-state index in [0.29, 0.717) is 15.4 Å². The molecule has 1 atom stereocenters. The molecule has 1 aliphatic heterocycles. The van der Waals surface area contributed by atoms with Crippen LogP contribution in [0.2, 0.25) is 0 Å². The van der Waals surface area contributed by atoms with Gasteiger partial charge in [-0.3, -0.25) is 0 Å². The highest BCUT2D eigenvalue weighted by molar-refractivity contribution is 8.54. The van der Waals surface area contributed by atoms with Gasteiger partial charge in [-0.05, 0) is 73.3 Å². The maximum absolute atomic E-state index is 13.6. The summed E-state index contributed by atoms with van der Waals surface area (Å²) in [5.74, 6) is 0.0335. The maximum Gasteiger partial charge on any atom is 0.445 e. The quantitative estimate of drug-likeness (QED) is 0.618. The molecule has 0 N–H and O–H groups in total. The Kier molecular flexibility index (Phi) is 3.37. The molecule has 1 unspecified atom stereocenters. The molecule has 0 amide bonds. The van der Waals surface area contributed by atoms with Crippen LogP contribution < -0.4 is 0 Å². The van der Waals surface area contributed by atoms with Crippen molar-refractivity contribution >= 4 is 26.0 Å². The first-order valence-corrected chi connectivity index (χ1v) is 9.27. The average Bonchev–Trinajstić information content (AvgIpc) is 3.15. The normalized spacial score (nSPS) is 28.8. The first-order chi connectivity index (χ1) is 9.38. The van der Waals surface area contributed by atoms with Crippen molar-refractivity contribution in [3.63, 3.8) is 0 Å². The largest absolute Gasteiger partial charge is 0.445 e. The van der Waals surface area contributed by atoms with Gasteiger partial charge in [0.15, 0.2) is 0 Å². The van der Waals surface area contributed by atoms with Crippen molar-refractivity contribution in [3.05, 3.63) is 34.2 Å². The van der Waals surface area contributed by atoms with Gasteiger partial charge in [-0.25, -0.2) is 0 Å². The topological polar surface area (TPSA) is 0 Å². The predicted molar refractivity (Wildman–Crippen MR) is 78.9 cm³/mol. The van der Waals surface area contributed by atoms with Crippen LogP contribution in [0.1, 0.15) is 37.3 Å². The minimum Gasteiger partial charge on any atom is -0.160 e. The fraction of sp³-hybridized carbons (Fsp3) is 0.467. The molecule has 1 aliphatic carbocycles. The Balaban J connectivity index is 2.12. The van der Waals surface area contributed by atoms with E-state index in [9.17, 15) is 13.2 Å². The van der Waals surface area contributed by atoms with Crippen LogP contribution in [0, 0.1) is 5.92 Å². The van der Waals surface area contributed by atoms with E-state index in [2.05, 4.69) is 0 Å². The monoisotopic (exact) mass is 320 g/mol. The molecule has 0 bridgehead atoms. The van der Waals surface area contributed by atoms with Gasteiger partial charge in [0.25, 0.3) is 0 Å². The molecule has 1 heterocycles. The zero-order valence-corrected chi connectivity index (χ0v) is 12.7. The first kappa shape index (κ1) is 14.3. The van der Waals surface area contributed by atoms with Crippen molar-refractivity contribution in [2.24, 2.45) is 5.92 Å². The standard InChI is InChI=1S/C15H16ClF3S/c1-2-3-10-4-5-12-9-14(11-6-7-11)20(16,13(12)8-10)15(17,18)19/h4-5,8-9,11H,2-3,6-7H2,1H3. The third-order valence-electron chi connectivity index (χ3n) is 3.84. The molecule has 1 saturated carbocycles. The molecule has 5 heteroatoms. The summed E-state index contributed by atoms with van der Waals surface area (Å²) >= 11 is 0. The summed E-state index contributed by atoms with van der Waals surface area (Å²) < 4.78 is 40.9. The number of hydrogen-bond donors (Lipinski definition) is 0. The summed E-state index contributed by atoms with van der Waals surface area (Å²) in [5.41, 5.74) is -2.77. The van der Waals surface area contributed by atoms with E-state index in [-0.39, 0.29) is 5.92 Å². The van der Waals surface area contributed by atoms with Crippen LogP contribution in [-0.2, 0) is 6.42 Å². The van der Waals surface area contributed by atoms with Crippen LogP contribution >= 0.6 is 19.9 Å². The van der Waals surface area contributed by atoms with Crippen LogP contribution in [0.5, 0.6) is 0 Å². The smallest absolute Gasteiger partial charge is 0.160 e. The Morgan fingerprint density at radius 1 is 1.30 bits per heavy atom. The SMILES string of the molecule is CCCc1ccc2c(c1)S(Cl)(C(F)(F)F)C(C1CC1)=C2. The highest BCUT2D eigenvalue weighted by Crippen LogP contribution is 2.82. The molecule has 0 spiro atoms. The molecule has 1 aromatic rings. The minimum atomic E-state index is -4.38. The lowest BCUT2D eigenvalue weighted by molar-refractivity contribution is -0.0360. The summed E-state index contributed by atoms with van der Waals surface area (Å²) in [6.07, 6.45) is 5.06. The van der Waals surface area contributed by atoms with Gasteiger partial charge in [-0.2, -0.15) is 13.2 Å². The van der Waals surface area contributed by atoms with Gasteiger partial charge in [-0.1, -0.05) is 25.5 Å². The number of hydrogen-bond acceptors (Lipinski definition) is 0. The Labute approximate surface area is 122 Å². The molecule has 20 heavy (non-hydrogen) atoms. The molecule has 1 fully saturated rings. The van der Waals surface area contributed by atoms with Gasteiger partial charge >= 0.3 is 5.51 Å². The molecule has 0 nitrogen and oxygen atoms in total. The number of aryl methyl sites for hydroxylation is 1. The molecular formula is C15H16ClF3S. The van der Waals surface area contributed by atoms with E-state index in [1.165, 1.54) is 0 Å². The van der Waals surface area contributed by atoms with Gasteiger partial charge in [0.1, 0.15) is 0 Å². The summed E-state index contributed by atoms with van der Waals surface area (Å²) in [6, 6.07) is 5.40. The van der Waals surface area contributed by atoms with Crippen molar-refractivity contribution in [1.82, 2.24) is 0 Å². The summed E-state index contributed by atoms with van der Waals surface area (Å²) in [7, 11) is 2.88. The maximum atomic E-state index is 13.6. The van der Waals surface area contributed by atoms with E-state index >= 15 is 0 Å². The number of fused-ring (bicyclic) bond motifs is 1. The Morgan fingerprint density at radius 3 is 2.55 bits per heavy atom. The number of benzene rings is 1. The van der Waals surface area contributed by atoms with Gasteiger partial charge in [0.05, 0.1) is 0 Å². The molecule has 110 valence electrons. The summed E-state index contributed by atoms with van der Waals surface area (Å²) in [4.78, 5) is 0.731. The van der Waals surface area contributed by atoms with Gasteiger partial charge < -0.3 is 0 Å². The van der Waals surface area contributed by atoms with Crippen LogP contribution in [0.3, 0.4) is 0 Å². The van der Waals surface area contributed by atoms with Crippen molar-refractivity contribution in [2.75, 3.05) is 0 Å². The fourth-order valence-electron chi connectivity index (χ4n) is 2.72. The molecule has 3 rings (SSSR count). The molecule has 2 aliphatic rings. The third-order valence-corrected chi connectivity index (χ3v) is 8.10. The highest BCUT2D eigenvalue weighted by atomic mass is 35.7. The molecule has 0 radical (unpaired) electrons. The second kappa shape index (κ2) is 4.70. The third kappa shape index (κ3) is 2.08. The van der Waals surface area contributed by atoms with E-state index in [1.54, 1.807) is 18.2 Å². The second-order valence-corrected chi connectivity index (χ2v) is 9.26. The number of rotatable bonds is 3. The van der Waals surface area contributed by atoms with Crippen LogP contribution in [0.15, 0.2) is 28.0 Å². The number of halogens is 4. The van der Waals surface area contributed by atoms with Crippen LogP contribution in [0.4, 0.5) is 13.2 Å². The van der Waals surface area contributed by atoms with Crippen molar-refractivity contribution < 1.29 is 13.2 Å². The van der Waals surface area contributed by atoms with Gasteiger partial charge in [0.2, 0.25) is 0 Å². The summed E-state index contributed by atoms with van der Waals surface area (Å²) in [5, 5.41) is 0. The lowest BCUT2D eigenvalue weighted by atomic mass is 10.1. The fourth-order valence-corrected chi connectivity index (χ4v) is 6.15. The van der Waals surface area contributed by atoms with Crippen LogP contribution in [-0.4, -0.2) is 5.51 Å². The highest BCUT2D eigenvalue weighted by Gasteiger charge is 2.58. The minimum absolute atomic E-state index is 0.0335. The van der Waals surface area contributed by atoms with Crippen molar-refractivity contribution in [2.45, 2.75) is 43.0 Å². The molecule has 0 aromatic heterocycles. The molecule has 1 aromatic carbocycles. The Hall–Kier alpha value is -0.610. The second-order valence-electron chi connectivity index (χ2n) is 5.43. The lowest BCUT2D eigenvalue weighted by Crippen LogP contribution is -2.17. The first-order valence-electron chi connectivity index (χ1n) is 6.81. The van der Waals surface area contributed by atoms with Gasteiger partial charge in [0, 0.05) is 4.90 Å². The number of alkyl halides is 3. The van der Waals surface area contributed by atoms with E-state index in [1.807, 2.05) is 13.0 Å².